The van der Waals surface area contributed by atoms with E-state index in [2.05, 4.69) is 41.1 Å². The zero-order valence-corrected chi connectivity index (χ0v) is 14.0. The number of hydrogen-bond donors (Lipinski definition) is 0. The molecule has 0 N–H and O–H groups in total. The first-order valence-electron chi connectivity index (χ1n) is 8.60. The van der Waals surface area contributed by atoms with Crippen molar-refractivity contribution in [2.75, 3.05) is 24.8 Å². The average Bonchev–Trinajstić information content (AvgIpc) is 3.09. The molecule has 0 radical (unpaired) electrons. The van der Waals surface area contributed by atoms with Crippen LogP contribution in [0.5, 0.6) is 11.5 Å². The largest absolute Gasteiger partial charge is 0.454 e. The number of piperidine rings is 1. The Balaban J connectivity index is 1.60. The fourth-order valence-electron chi connectivity index (χ4n) is 3.35. The number of benzene rings is 1. The van der Waals surface area contributed by atoms with Crippen LogP contribution in [-0.2, 0) is 0 Å². The number of fused-ring (bicyclic) bond motifs is 1. The van der Waals surface area contributed by atoms with E-state index in [0.29, 0.717) is 6.79 Å². The lowest BCUT2D eigenvalue weighted by Crippen LogP contribution is -2.29. The molecule has 0 aliphatic carbocycles. The first-order valence-corrected chi connectivity index (χ1v) is 8.60. The molecule has 3 heterocycles. The van der Waals surface area contributed by atoms with Crippen LogP contribution in [0.15, 0.2) is 30.3 Å². The zero-order chi connectivity index (χ0) is 16.4. The van der Waals surface area contributed by atoms with Crippen LogP contribution in [0.1, 0.15) is 36.2 Å². The number of hydrogen-bond acceptors (Lipinski definition) is 4. The van der Waals surface area contributed by atoms with Crippen molar-refractivity contribution in [3.05, 3.63) is 47.3 Å². The van der Waals surface area contributed by atoms with Gasteiger partial charge in [0.25, 0.3) is 0 Å². The van der Waals surface area contributed by atoms with Gasteiger partial charge in [0, 0.05) is 30.0 Å². The Bertz CT molecular complexity index is 764. The highest BCUT2D eigenvalue weighted by molar-refractivity contribution is 5.74. The first-order chi connectivity index (χ1) is 11.8. The smallest absolute Gasteiger partial charge is 0.231 e. The van der Waals surface area contributed by atoms with Crippen molar-refractivity contribution in [2.24, 2.45) is 0 Å². The average molecular weight is 322 g/mol. The lowest BCUT2D eigenvalue weighted by atomic mass is 10.1. The summed E-state index contributed by atoms with van der Waals surface area (Å²) in [5.74, 6) is 1.63. The molecule has 1 saturated heterocycles. The van der Waals surface area contributed by atoms with E-state index < -0.39 is 0 Å². The molecule has 0 saturated carbocycles. The second kappa shape index (κ2) is 6.56. The van der Waals surface area contributed by atoms with Crippen LogP contribution in [0.3, 0.4) is 0 Å². The van der Waals surface area contributed by atoms with Crippen LogP contribution in [-0.4, -0.2) is 24.9 Å². The van der Waals surface area contributed by atoms with Crippen LogP contribution < -0.4 is 14.4 Å². The van der Waals surface area contributed by atoms with Crippen molar-refractivity contribution >= 4 is 17.8 Å². The summed E-state index contributed by atoms with van der Waals surface area (Å²) in [6.45, 7) is 4.64. The van der Waals surface area contributed by atoms with E-state index >= 15 is 0 Å². The lowest BCUT2D eigenvalue weighted by molar-refractivity contribution is 0.174. The summed E-state index contributed by atoms with van der Waals surface area (Å²) >= 11 is 0. The number of para-hydroxylation sites is 1. The molecule has 0 bridgehead atoms. The van der Waals surface area contributed by atoms with Gasteiger partial charge in [0.1, 0.15) is 0 Å². The van der Waals surface area contributed by atoms with E-state index in [9.17, 15) is 0 Å². The Hall–Kier alpha value is -2.49. The van der Waals surface area contributed by atoms with Gasteiger partial charge in [0.2, 0.25) is 6.79 Å². The molecule has 4 heteroatoms. The molecule has 0 unspecified atom stereocenters. The van der Waals surface area contributed by atoms with Crippen molar-refractivity contribution in [2.45, 2.75) is 26.2 Å². The van der Waals surface area contributed by atoms with Gasteiger partial charge in [-0.25, -0.2) is 0 Å². The van der Waals surface area contributed by atoms with Gasteiger partial charge in [-0.2, -0.15) is 0 Å². The van der Waals surface area contributed by atoms with Crippen LogP contribution in [0.4, 0.5) is 5.69 Å². The number of aromatic nitrogens is 1. The standard InChI is InChI=1S/C20H22N2O2/c1-15-12-18(22-10-3-2-4-11-22)13-17(21-15)9-8-16-6-5-7-19-20(16)24-14-23-19/h5-9,12-13H,2-4,10-11,14H2,1H3/b9-8+. The van der Waals surface area contributed by atoms with Crippen molar-refractivity contribution < 1.29 is 9.47 Å². The summed E-state index contributed by atoms with van der Waals surface area (Å²) in [4.78, 5) is 7.12. The second-order valence-electron chi connectivity index (χ2n) is 6.35. The normalized spacial score (nSPS) is 16.8. The highest BCUT2D eigenvalue weighted by Gasteiger charge is 2.16. The Morgan fingerprint density at radius 1 is 1.04 bits per heavy atom. The Labute approximate surface area is 142 Å². The van der Waals surface area contributed by atoms with E-state index in [1.165, 1.54) is 24.9 Å². The van der Waals surface area contributed by atoms with E-state index in [1.807, 2.05) is 18.2 Å². The third-order valence-corrected chi connectivity index (χ3v) is 4.54. The zero-order valence-electron chi connectivity index (χ0n) is 14.0. The molecule has 0 atom stereocenters. The molecular formula is C20H22N2O2. The molecule has 1 aromatic heterocycles. The van der Waals surface area contributed by atoms with Gasteiger partial charge in [0.05, 0.1) is 5.69 Å². The van der Waals surface area contributed by atoms with Crippen LogP contribution in [0.25, 0.3) is 12.2 Å². The number of ether oxygens (including phenoxy) is 2. The summed E-state index contributed by atoms with van der Waals surface area (Å²) in [6, 6.07) is 10.3. The fraction of sp³-hybridized carbons (Fsp3) is 0.350. The van der Waals surface area contributed by atoms with Gasteiger partial charge in [0.15, 0.2) is 11.5 Å². The predicted octanol–water partition coefficient (Wildman–Crippen LogP) is 4.28. The van der Waals surface area contributed by atoms with Gasteiger partial charge in [-0.3, -0.25) is 4.98 Å². The molecule has 2 aliphatic heterocycles. The molecule has 2 aromatic rings. The van der Waals surface area contributed by atoms with E-state index in [-0.39, 0.29) is 0 Å². The topological polar surface area (TPSA) is 34.6 Å². The van der Waals surface area contributed by atoms with Crippen molar-refractivity contribution in [1.29, 1.82) is 0 Å². The van der Waals surface area contributed by atoms with Crippen molar-refractivity contribution in [1.82, 2.24) is 4.98 Å². The number of pyridine rings is 1. The van der Waals surface area contributed by atoms with Gasteiger partial charge >= 0.3 is 0 Å². The Kier molecular flexibility index (Phi) is 4.11. The van der Waals surface area contributed by atoms with Crippen molar-refractivity contribution in [3.8, 4) is 11.5 Å². The van der Waals surface area contributed by atoms with Crippen LogP contribution in [0.2, 0.25) is 0 Å². The second-order valence-corrected chi connectivity index (χ2v) is 6.35. The molecule has 1 aromatic carbocycles. The minimum atomic E-state index is 0.294. The van der Waals surface area contributed by atoms with E-state index in [4.69, 9.17) is 9.47 Å². The monoisotopic (exact) mass is 322 g/mol. The quantitative estimate of drug-likeness (QED) is 0.845. The highest BCUT2D eigenvalue weighted by Crippen LogP contribution is 2.36. The molecule has 1 fully saturated rings. The minimum Gasteiger partial charge on any atom is -0.454 e. The fourth-order valence-corrected chi connectivity index (χ4v) is 3.35. The molecule has 24 heavy (non-hydrogen) atoms. The first kappa shape index (κ1) is 15.1. The summed E-state index contributed by atoms with van der Waals surface area (Å²) in [6.07, 6.45) is 8.00. The molecule has 2 aliphatic rings. The van der Waals surface area contributed by atoms with Gasteiger partial charge in [-0.15, -0.1) is 0 Å². The summed E-state index contributed by atoms with van der Waals surface area (Å²) in [7, 11) is 0. The summed E-state index contributed by atoms with van der Waals surface area (Å²) in [5, 5.41) is 0. The molecule has 0 amide bonds. The number of anilines is 1. The predicted molar refractivity (Wildman–Crippen MR) is 96.5 cm³/mol. The maximum atomic E-state index is 5.56. The molecular weight excluding hydrogens is 300 g/mol. The van der Waals surface area contributed by atoms with Gasteiger partial charge in [-0.05, 0) is 56.5 Å². The maximum absolute atomic E-state index is 5.56. The van der Waals surface area contributed by atoms with Crippen LogP contribution in [0, 0.1) is 6.92 Å². The minimum absolute atomic E-state index is 0.294. The molecule has 0 spiro atoms. The van der Waals surface area contributed by atoms with Crippen LogP contribution >= 0.6 is 0 Å². The highest BCUT2D eigenvalue weighted by atomic mass is 16.7. The molecule has 4 rings (SSSR count). The summed E-state index contributed by atoms with van der Waals surface area (Å²) in [5.41, 5.74) is 4.33. The lowest BCUT2D eigenvalue weighted by Gasteiger charge is -2.29. The van der Waals surface area contributed by atoms with Crippen molar-refractivity contribution in [3.63, 3.8) is 0 Å². The number of nitrogens with zero attached hydrogens (tertiary/aromatic N) is 2. The maximum Gasteiger partial charge on any atom is 0.231 e. The van der Waals surface area contributed by atoms with E-state index in [0.717, 1.165) is 41.5 Å². The third-order valence-electron chi connectivity index (χ3n) is 4.54. The number of rotatable bonds is 3. The van der Waals surface area contributed by atoms with Gasteiger partial charge in [-0.1, -0.05) is 12.1 Å². The van der Waals surface area contributed by atoms with Gasteiger partial charge < -0.3 is 14.4 Å². The molecule has 4 nitrogen and oxygen atoms in total. The summed E-state index contributed by atoms with van der Waals surface area (Å²) < 4.78 is 11.0. The van der Waals surface area contributed by atoms with E-state index in [1.54, 1.807) is 0 Å². The third kappa shape index (κ3) is 3.09. The Morgan fingerprint density at radius 3 is 2.79 bits per heavy atom. The number of aryl methyl sites for hydroxylation is 1. The Morgan fingerprint density at radius 2 is 1.92 bits per heavy atom. The molecule has 124 valence electrons. The SMILES string of the molecule is Cc1cc(N2CCCCC2)cc(/C=C/c2cccc3c2OCO3)n1.